The zero-order chi connectivity index (χ0) is 24.8. The first-order chi connectivity index (χ1) is 16.9. The van der Waals surface area contributed by atoms with E-state index in [-0.39, 0.29) is 12.3 Å². The van der Waals surface area contributed by atoms with Crippen molar-refractivity contribution >= 4 is 17.6 Å². The summed E-state index contributed by atoms with van der Waals surface area (Å²) in [6.07, 6.45) is 0.0844. The number of hydrogen-bond donors (Lipinski definition) is 1. The Labute approximate surface area is 209 Å². The van der Waals surface area contributed by atoms with Gasteiger partial charge in [0.2, 0.25) is 0 Å². The molecule has 0 fully saturated rings. The molecule has 4 aromatic rings. The van der Waals surface area contributed by atoms with Crippen LogP contribution in [0.4, 0.5) is 0 Å². The number of aryl methyl sites for hydroxylation is 1. The molecule has 35 heavy (non-hydrogen) atoms. The maximum Gasteiger partial charge on any atom is 0.303 e. The second kappa shape index (κ2) is 11.0. The Morgan fingerprint density at radius 2 is 1.43 bits per heavy atom. The van der Waals surface area contributed by atoms with Crippen LogP contribution in [0.2, 0.25) is 5.02 Å². The molecule has 0 radical (unpaired) electrons. The van der Waals surface area contributed by atoms with Crippen molar-refractivity contribution in [2.24, 2.45) is 0 Å². The van der Waals surface area contributed by atoms with Crippen LogP contribution in [0.1, 0.15) is 30.4 Å². The van der Waals surface area contributed by atoms with Crippen LogP contribution in [-0.4, -0.2) is 11.1 Å². The SMILES string of the molecule is Cc1cc(Oc2cccc(Oc3ccc(Cl)cc3Oc3ccccc3)c2)ccc1C(C)CC(=O)O. The number of ether oxygens (including phenoxy) is 3. The highest BCUT2D eigenvalue weighted by Gasteiger charge is 2.14. The summed E-state index contributed by atoms with van der Waals surface area (Å²) in [5.41, 5.74) is 1.97. The fourth-order valence-electron chi connectivity index (χ4n) is 3.76. The minimum Gasteiger partial charge on any atom is -0.481 e. The molecule has 1 N–H and O–H groups in total. The molecule has 0 saturated heterocycles. The van der Waals surface area contributed by atoms with Crippen molar-refractivity contribution in [1.29, 1.82) is 0 Å². The molecule has 0 spiro atoms. The number of hydrogen-bond acceptors (Lipinski definition) is 4. The Morgan fingerprint density at radius 1 is 0.771 bits per heavy atom. The lowest BCUT2D eigenvalue weighted by molar-refractivity contribution is -0.137. The average Bonchev–Trinajstić information content (AvgIpc) is 2.81. The maximum atomic E-state index is 11.0. The van der Waals surface area contributed by atoms with Crippen molar-refractivity contribution < 1.29 is 24.1 Å². The number of halogens is 1. The van der Waals surface area contributed by atoms with Gasteiger partial charge in [-0.2, -0.15) is 0 Å². The van der Waals surface area contributed by atoms with Gasteiger partial charge in [0.25, 0.3) is 0 Å². The minimum atomic E-state index is -0.813. The number of aliphatic carboxylic acids is 1. The van der Waals surface area contributed by atoms with E-state index in [4.69, 9.17) is 30.9 Å². The smallest absolute Gasteiger partial charge is 0.303 e. The second-order valence-electron chi connectivity index (χ2n) is 8.20. The maximum absolute atomic E-state index is 11.0. The molecule has 4 rings (SSSR count). The third-order valence-corrected chi connectivity index (χ3v) is 5.63. The van der Waals surface area contributed by atoms with E-state index in [1.165, 1.54) is 0 Å². The predicted octanol–water partition coefficient (Wildman–Crippen LogP) is 8.60. The van der Waals surface area contributed by atoms with Crippen LogP contribution in [-0.2, 0) is 4.79 Å². The minimum absolute atomic E-state index is 0.0787. The molecule has 0 aliphatic carbocycles. The molecule has 0 aliphatic rings. The molecule has 178 valence electrons. The number of para-hydroxylation sites is 1. The molecule has 0 saturated carbocycles. The highest BCUT2D eigenvalue weighted by atomic mass is 35.5. The zero-order valence-corrected chi connectivity index (χ0v) is 20.2. The molecule has 4 aromatic carbocycles. The number of benzene rings is 4. The molecule has 0 bridgehead atoms. The van der Waals surface area contributed by atoms with E-state index in [0.29, 0.717) is 39.5 Å². The highest BCUT2D eigenvalue weighted by Crippen LogP contribution is 2.38. The van der Waals surface area contributed by atoms with Crippen molar-refractivity contribution in [3.05, 3.63) is 107 Å². The Balaban J connectivity index is 1.51. The van der Waals surface area contributed by atoms with Crippen molar-refractivity contribution in [3.8, 4) is 34.5 Å². The van der Waals surface area contributed by atoms with Gasteiger partial charge in [0.05, 0.1) is 6.42 Å². The van der Waals surface area contributed by atoms with Crippen molar-refractivity contribution in [2.45, 2.75) is 26.2 Å². The van der Waals surface area contributed by atoms with Gasteiger partial charge in [-0.1, -0.05) is 48.9 Å². The van der Waals surface area contributed by atoms with Crippen LogP contribution >= 0.6 is 11.6 Å². The van der Waals surface area contributed by atoms with Crippen molar-refractivity contribution in [3.63, 3.8) is 0 Å². The van der Waals surface area contributed by atoms with Crippen LogP contribution in [0.15, 0.2) is 91.0 Å². The van der Waals surface area contributed by atoms with Gasteiger partial charge in [-0.05, 0) is 72.5 Å². The van der Waals surface area contributed by atoms with Crippen molar-refractivity contribution in [2.75, 3.05) is 0 Å². The molecular weight excluding hydrogens is 464 g/mol. The molecular formula is C29H25ClO5. The third-order valence-electron chi connectivity index (χ3n) is 5.40. The summed E-state index contributed by atoms with van der Waals surface area (Å²) in [6.45, 7) is 3.86. The number of carboxylic acid groups (broad SMARTS) is 1. The van der Waals surface area contributed by atoms with E-state index in [9.17, 15) is 4.79 Å². The van der Waals surface area contributed by atoms with Gasteiger partial charge in [-0.3, -0.25) is 4.79 Å². The van der Waals surface area contributed by atoms with Gasteiger partial charge < -0.3 is 19.3 Å². The van der Waals surface area contributed by atoms with Crippen LogP contribution in [0.5, 0.6) is 34.5 Å². The van der Waals surface area contributed by atoms with Crippen LogP contribution in [0.3, 0.4) is 0 Å². The molecule has 5 nitrogen and oxygen atoms in total. The first kappa shape index (κ1) is 24.2. The first-order valence-corrected chi connectivity index (χ1v) is 11.6. The topological polar surface area (TPSA) is 65.0 Å². The summed E-state index contributed by atoms with van der Waals surface area (Å²) in [4.78, 5) is 11.0. The molecule has 0 heterocycles. The highest BCUT2D eigenvalue weighted by molar-refractivity contribution is 6.30. The normalized spacial score (nSPS) is 11.5. The summed E-state index contributed by atoms with van der Waals surface area (Å²) in [5.74, 6) is 2.63. The van der Waals surface area contributed by atoms with E-state index < -0.39 is 5.97 Å². The second-order valence-corrected chi connectivity index (χ2v) is 8.64. The fourth-order valence-corrected chi connectivity index (χ4v) is 3.92. The summed E-state index contributed by atoms with van der Waals surface area (Å²) in [6, 6.07) is 27.6. The third kappa shape index (κ3) is 6.55. The molecule has 6 heteroatoms. The molecule has 0 amide bonds. The molecule has 1 atom stereocenters. The summed E-state index contributed by atoms with van der Waals surface area (Å²) >= 11 is 6.18. The number of rotatable bonds is 9. The Bertz CT molecular complexity index is 1320. The summed E-state index contributed by atoms with van der Waals surface area (Å²) in [7, 11) is 0. The van der Waals surface area contributed by atoms with Gasteiger partial charge in [-0.15, -0.1) is 0 Å². The number of carbonyl (C=O) groups is 1. The van der Waals surface area contributed by atoms with E-state index in [0.717, 1.165) is 11.1 Å². The quantitative estimate of drug-likeness (QED) is 0.255. The Morgan fingerprint density at radius 3 is 2.14 bits per heavy atom. The standard InChI is InChI=1S/C29H25ClO5/c1-19-15-25(12-13-26(19)20(2)16-29(31)32)33-23-9-6-10-24(18-23)35-27-14-11-21(30)17-28(27)34-22-7-4-3-5-8-22/h3-15,17-18,20H,16H2,1-2H3,(H,31,32). The van der Waals surface area contributed by atoms with Crippen molar-refractivity contribution in [1.82, 2.24) is 0 Å². The van der Waals surface area contributed by atoms with Crippen LogP contribution in [0, 0.1) is 6.92 Å². The van der Waals surface area contributed by atoms with E-state index in [2.05, 4.69) is 0 Å². The zero-order valence-electron chi connectivity index (χ0n) is 19.4. The summed E-state index contributed by atoms with van der Waals surface area (Å²) in [5, 5.41) is 9.61. The van der Waals surface area contributed by atoms with Gasteiger partial charge in [0.15, 0.2) is 11.5 Å². The lowest BCUT2D eigenvalue weighted by Crippen LogP contribution is -2.04. The summed E-state index contributed by atoms with van der Waals surface area (Å²) < 4.78 is 18.1. The lowest BCUT2D eigenvalue weighted by atomic mass is 9.94. The predicted molar refractivity (Wildman–Crippen MR) is 136 cm³/mol. The van der Waals surface area contributed by atoms with Gasteiger partial charge in [0.1, 0.15) is 23.0 Å². The Kier molecular flexibility index (Phi) is 7.58. The van der Waals surface area contributed by atoms with E-state index in [1.54, 1.807) is 24.3 Å². The van der Waals surface area contributed by atoms with Gasteiger partial charge >= 0.3 is 5.97 Å². The number of carboxylic acids is 1. The van der Waals surface area contributed by atoms with Crippen LogP contribution < -0.4 is 14.2 Å². The Hall–Kier alpha value is -3.96. The van der Waals surface area contributed by atoms with E-state index >= 15 is 0 Å². The van der Waals surface area contributed by atoms with E-state index in [1.807, 2.05) is 80.6 Å². The molecule has 1 unspecified atom stereocenters. The molecule has 0 aliphatic heterocycles. The lowest BCUT2D eigenvalue weighted by Gasteiger charge is -2.15. The largest absolute Gasteiger partial charge is 0.481 e. The van der Waals surface area contributed by atoms with Gasteiger partial charge in [-0.25, -0.2) is 0 Å². The molecule has 0 aromatic heterocycles. The van der Waals surface area contributed by atoms with Crippen LogP contribution in [0.25, 0.3) is 0 Å². The fraction of sp³-hybridized carbons (Fsp3) is 0.138. The van der Waals surface area contributed by atoms with Gasteiger partial charge in [0, 0.05) is 17.2 Å². The first-order valence-electron chi connectivity index (χ1n) is 11.2. The average molecular weight is 489 g/mol. The monoisotopic (exact) mass is 488 g/mol.